The number of aliphatic hydroxyl groups is 1. The lowest BCUT2D eigenvalue weighted by Crippen LogP contribution is -2.50. The molecule has 164 valence electrons. The van der Waals surface area contributed by atoms with E-state index in [1.807, 2.05) is 42.5 Å². The van der Waals surface area contributed by atoms with Crippen molar-refractivity contribution in [2.24, 2.45) is 0 Å². The molecular formula is C25H23Cl2N3O2. The summed E-state index contributed by atoms with van der Waals surface area (Å²) in [5.74, 6) is 0.126. The van der Waals surface area contributed by atoms with Crippen LogP contribution >= 0.6 is 23.2 Å². The molecule has 4 rings (SSSR count). The minimum absolute atomic E-state index is 0.0286. The fraction of sp³-hybridized carbons (Fsp3) is 0.240. The summed E-state index contributed by atoms with van der Waals surface area (Å²) in [5.41, 5.74) is 3.50. The number of benzene rings is 3. The lowest BCUT2D eigenvalue weighted by molar-refractivity contribution is 0.103. The van der Waals surface area contributed by atoms with Crippen LogP contribution < -0.4 is 4.90 Å². The van der Waals surface area contributed by atoms with Crippen molar-refractivity contribution >= 4 is 28.9 Å². The van der Waals surface area contributed by atoms with Crippen LogP contribution in [0.5, 0.6) is 5.75 Å². The quantitative estimate of drug-likeness (QED) is 0.541. The maximum Gasteiger partial charge on any atom is 0.117 e. The zero-order chi connectivity index (χ0) is 22.7. The second-order valence-electron chi connectivity index (χ2n) is 7.82. The molecule has 0 saturated carbocycles. The van der Waals surface area contributed by atoms with Gasteiger partial charge in [0, 0.05) is 30.7 Å². The molecule has 3 aromatic rings. The van der Waals surface area contributed by atoms with E-state index >= 15 is 0 Å². The Morgan fingerprint density at radius 2 is 1.72 bits per heavy atom. The monoisotopic (exact) mass is 467 g/mol. The van der Waals surface area contributed by atoms with E-state index in [0.717, 1.165) is 16.8 Å². The van der Waals surface area contributed by atoms with Gasteiger partial charge in [-0.15, -0.1) is 0 Å². The van der Waals surface area contributed by atoms with E-state index < -0.39 is 0 Å². The first-order chi connectivity index (χ1) is 15.5. The molecule has 1 aliphatic heterocycles. The van der Waals surface area contributed by atoms with Crippen molar-refractivity contribution in [2.75, 3.05) is 31.1 Å². The molecule has 0 aliphatic carbocycles. The number of aliphatic hydroxyl groups excluding tert-OH is 1. The molecule has 0 bridgehead atoms. The number of phenols is 1. The number of nitriles is 1. The van der Waals surface area contributed by atoms with Gasteiger partial charge in [0.25, 0.3) is 0 Å². The van der Waals surface area contributed by atoms with Gasteiger partial charge in [0.1, 0.15) is 5.75 Å². The molecule has 2 N–H and O–H groups in total. The summed E-state index contributed by atoms with van der Waals surface area (Å²) in [6.07, 6.45) is 0. The average Bonchev–Trinajstić information content (AvgIpc) is 2.81. The molecule has 0 unspecified atom stereocenters. The summed E-state index contributed by atoms with van der Waals surface area (Å²) in [6.45, 7) is 2.03. The van der Waals surface area contributed by atoms with Crippen LogP contribution in [0.1, 0.15) is 28.8 Å². The van der Waals surface area contributed by atoms with Gasteiger partial charge in [0.15, 0.2) is 0 Å². The smallest absolute Gasteiger partial charge is 0.117 e. The lowest BCUT2D eigenvalue weighted by atomic mass is 9.97. The van der Waals surface area contributed by atoms with Crippen LogP contribution in [0.3, 0.4) is 0 Å². The van der Waals surface area contributed by atoms with Gasteiger partial charge < -0.3 is 15.1 Å². The fourth-order valence-corrected chi connectivity index (χ4v) is 4.70. The molecule has 1 saturated heterocycles. The number of rotatable bonds is 5. The predicted octanol–water partition coefficient (Wildman–Crippen LogP) is 5.17. The molecule has 0 radical (unpaired) electrons. The standard InChI is InChI=1S/C25H23Cl2N3O2/c26-20-7-5-18(6-8-20)24-15-29(25(16-31)19-3-1-17(14-28)2-4-19)11-12-30(24)23-10-9-21(32)13-22(23)27/h1-10,13,24-25,31-32H,11-12,15-16H2/t24-,25-/m0/s1. The Labute approximate surface area is 197 Å². The Balaban J connectivity index is 1.67. The first-order valence-corrected chi connectivity index (χ1v) is 11.1. The highest BCUT2D eigenvalue weighted by molar-refractivity contribution is 6.33. The number of nitrogens with zero attached hydrogens (tertiary/aromatic N) is 3. The van der Waals surface area contributed by atoms with Crippen LogP contribution in [-0.4, -0.2) is 41.4 Å². The molecule has 1 aliphatic rings. The average molecular weight is 468 g/mol. The third-order valence-electron chi connectivity index (χ3n) is 5.95. The maximum atomic E-state index is 10.2. The number of anilines is 1. The van der Waals surface area contributed by atoms with Crippen molar-refractivity contribution < 1.29 is 10.2 Å². The summed E-state index contributed by atoms with van der Waals surface area (Å²) in [6, 6.07) is 22.1. The molecule has 5 nitrogen and oxygen atoms in total. The SMILES string of the molecule is N#Cc1ccc([C@H](CO)N2CCN(c3ccc(O)cc3Cl)[C@H](c3ccc(Cl)cc3)C2)cc1. The molecule has 2 atom stereocenters. The van der Waals surface area contributed by atoms with Gasteiger partial charge in [0.2, 0.25) is 0 Å². The zero-order valence-corrected chi connectivity index (χ0v) is 18.8. The molecule has 0 amide bonds. The summed E-state index contributed by atoms with van der Waals surface area (Å²) < 4.78 is 0. The van der Waals surface area contributed by atoms with Crippen molar-refractivity contribution in [2.45, 2.75) is 12.1 Å². The van der Waals surface area contributed by atoms with Gasteiger partial charge in [-0.3, -0.25) is 4.90 Å². The van der Waals surface area contributed by atoms with Gasteiger partial charge in [-0.2, -0.15) is 5.26 Å². The van der Waals surface area contributed by atoms with E-state index in [4.69, 9.17) is 28.5 Å². The van der Waals surface area contributed by atoms with Crippen LogP contribution in [0, 0.1) is 11.3 Å². The maximum absolute atomic E-state index is 10.2. The Morgan fingerprint density at radius 3 is 2.34 bits per heavy atom. The highest BCUT2D eigenvalue weighted by atomic mass is 35.5. The number of hydrogen-bond donors (Lipinski definition) is 2. The van der Waals surface area contributed by atoms with E-state index in [-0.39, 0.29) is 24.4 Å². The van der Waals surface area contributed by atoms with E-state index in [2.05, 4.69) is 15.9 Å². The minimum atomic E-state index is -0.185. The Morgan fingerprint density at radius 1 is 1.00 bits per heavy atom. The highest BCUT2D eigenvalue weighted by Crippen LogP contribution is 2.38. The Kier molecular flexibility index (Phi) is 6.88. The summed E-state index contributed by atoms with van der Waals surface area (Å²) in [5, 5.41) is 30.2. The van der Waals surface area contributed by atoms with Crippen LogP contribution in [0.2, 0.25) is 10.0 Å². The van der Waals surface area contributed by atoms with Crippen LogP contribution in [0.4, 0.5) is 5.69 Å². The van der Waals surface area contributed by atoms with Gasteiger partial charge in [-0.05, 0) is 47.5 Å². The van der Waals surface area contributed by atoms with Gasteiger partial charge in [-0.25, -0.2) is 0 Å². The molecule has 7 heteroatoms. The lowest BCUT2D eigenvalue weighted by Gasteiger charge is -2.46. The summed E-state index contributed by atoms with van der Waals surface area (Å²) in [4.78, 5) is 4.49. The summed E-state index contributed by atoms with van der Waals surface area (Å²) >= 11 is 12.6. The fourth-order valence-electron chi connectivity index (χ4n) is 4.29. The van der Waals surface area contributed by atoms with Crippen LogP contribution in [0.15, 0.2) is 66.7 Å². The first-order valence-electron chi connectivity index (χ1n) is 10.4. The largest absolute Gasteiger partial charge is 0.508 e. The van der Waals surface area contributed by atoms with Crippen molar-refractivity contribution in [3.05, 3.63) is 93.5 Å². The van der Waals surface area contributed by atoms with Crippen LogP contribution in [0.25, 0.3) is 0 Å². The number of hydrogen-bond acceptors (Lipinski definition) is 5. The topological polar surface area (TPSA) is 70.7 Å². The predicted molar refractivity (Wildman–Crippen MR) is 127 cm³/mol. The van der Waals surface area contributed by atoms with Crippen molar-refractivity contribution in [3.63, 3.8) is 0 Å². The molecule has 1 heterocycles. The first kappa shape index (κ1) is 22.4. The van der Waals surface area contributed by atoms with E-state index in [0.29, 0.717) is 35.2 Å². The van der Waals surface area contributed by atoms with Crippen molar-refractivity contribution in [1.29, 1.82) is 5.26 Å². The summed E-state index contributed by atoms with van der Waals surface area (Å²) in [7, 11) is 0. The molecule has 1 fully saturated rings. The third kappa shape index (κ3) is 4.69. The van der Waals surface area contributed by atoms with E-state index in [1.54, 1.807) is 24.3 Å². The van der Waals surface area contributed by atoms with Gasteiger partial charge >= 0.3 is 0 Å². The minimum Gasteiger partial charge on any atom is -0.508 e. The van der Waals surface area contributed by atoms with Gasteiger partial charge in [0.05, 0.1) is 41.0 Å². The van der Waals surface area contributed by atoms with Crippen molar-refractivity contribution in [1.82, 2.24) is 4.90 Å². The highest BCUT2D eigenvalue weighted by Gasteiger charge is 2.33. The molecule has 3 aromatic carbocycles. The molecule has 0 spiro atoms. The number of aromatic hydroxyl groups is 1. The Hall–Kier alpha value is -2.75. The second kappa shape index (κ2) is 9.81. The van der Waals surface area contributed by atoms with Crippen LogP contribution in [-0.2, 0) is 0 Å². The van der Waals surface area contributed by atoms with E-state index in [1.165, 1.54) is 0 Å². The zero-order valence-electron chi connectivity index (χ0n) is 17.3. The Bertz CT molecular complexity index is 1110. The normalized spacial score (nSPS) is 17.7. The second-order valence-corrected chi connectivity index (χ2v) is 8.67. The number of phenolic OH excluding ortho intramolecular Hbond substituents is 1. The van der Waals surface area contributed by atoms with Gasteiger partial charge in [-0.1, -0.05) is 47.5 Å². The number of halogens is 2. The third-order valence-corrected chi connectivity index (χ3v) is 6.50. The number of piperazine rings is 1. The molecular weight excluding hydrogens is 445 g/mol. The van der Waals surface area contributed by atoms with E-state index in [9.17, 15) is 10.2 Å². The molecule has 32 heavy (non-hydrogen) atoms. The molecule has 0 aromatic heterocycles. The van der Waals surface area contributed by atoms with Crippen molar-refractivity contribution in [3.8, 4) is 11.8 Å².